The van der Waals surface area contributed by atoms with Crippen LogP contribution in [0.5, 0.6) is 5.75 Å². The molecular weight excluding hydrogens is 318 g/mol. The van der Waals surface area contributed by atoms with E-state index in [0.29, 0.717) is 13.1 Å². The van der Waals surface area contributed by atoms with Gasteiger partial charge in [-0.05, 0) is 13.1 Å². The zero-order valence-corrected chi connectivity index (χ0v) is 13.4. The van der Waals surface area contributed by atoms with Crippen LogP contribution in [0.3, 0.4) is 0 Å². The number of rotatable bonds is 4. The second-order valence-corrected chi connectivity index (χ2v) is 5.33. The average Bonchev–Trinajstić information content (AvgIpc) is 2.56. The molecule has 0 aromatic heterocycles. The van der Waals surface area contributed by atoms with E-state index in [0.717, 1.165) is 13.1 Å². The predicted molar refractivity (Wildman–Crippen MR) is 85.5 cm³/mol. The number of carbonyl (C=O) groups is 2. The number of nitrogens with zero attached hydrogens (tertiary/aromatic N) is 3. The number of hydrogen-bond donors (Lipinski definition) is 2. The summed E-state index contributed by atoms with van der Waals surface area (Å²) >= 11 is 0. The van der Waals surface area contributed by atoms with E-state index in [4.69, 9.17) is 4.74 Å². The van der Waals surface area contributed by atoms with Crippen LogP contribution in [0.15, 0.2) is 18.2 Å². The molecule has 1 saturated heterocycles. The summed E-state index contributed by atoms with van der Waals surface area (Å²) in [5, 5.41) is 14.8. The van der Waals surface area contributed by atoms with Gasteiger partial charge in [-0.3, -0.25) is 25.1 Å². The number of hydrogen-bond acceptors (Lipinski definition) is 7. The Morgan fingerprint density at radius 1 is 1.21 bits per heavy atom. The fourth-order valence-corrected chi connectivity index (χ4v) is 2.19. The lowest BCUT2D eigenvalue weighted by atomic mass is 10.2. The fourth-order valence-electron chi connectivity index (χ4n) is 2.19. The Hall–Kier alpha value is -2.72. The molecule has 0 radical (unpaired) electrons. The normalized spacial score (nSPS) is 15.6. The number of nitro groups is 1. The second-order valence-electron chi connectivity index (χ2n) is 5.33. The van der Waals surface area contributed by atoms with Crippen LogP contribution in [0.2, 0.25) is 0 Å². The molecule has 0 bridgehead atoms. The number of amides is 2. The van der Waals surface area contributed by atoms with Gasteiger partial charge in [0.2, 0.25) is 0 Å². The van der Waals surface area contributed by atoms with Crippen molar-refractivity contribution in [3.05, 3.63) is 28.3 Å². The van der Waals surface area contributed by atoms with Crippen molar-refractivity contribution in [2.75, 3.05) is 45.7 Å². The topological polar surface area (TPSA) is 117 Å². The monoisotopic (exact) mass is 337 g/mol. The summed E-state index contributed by atoms with van der Waals surface area (Å²) in [6.07, 6.45) is 0. The summed E-state index contributed by atoms with van der Waals surface area (Å²) in [7, 11) is 3.30. The first kappa shape index (κ1) is 17.6. The van der Waals surface area contributed by atoms with Gasteiger partial charge in [0, 0.05) is 32.2 Å². The number of piperazine rings is 1. The lowest BCUT2D eigenvalue weighted by Gasteiger charge is -2.32. The summed E-state index contributed by atoms with van der Waals surface area (Å²) in [5.41, 5.74) is 2.54. The Labute approximate surface area is 138 Å². The molecule has 1 aromatic rings. The van der Waals surface area contributed by atoms with Crippen LogP contribution in [-0.4, -0.2) is 67.0 Å². The molecule has 0 atom stereocenters. The van der Waals surface area contributed by atoms with Gasteiger partial charge in [-0.1, -0.05) is 0 Å². The zero-order valence-electron chi connectivity index (χ0n) is 13.4. The van der Waals surface area contributed by atoms with Crippen LogP contribution in [0, 0.1) is 10.1 Å². The van der Waals surface area contributed by atoms with Gasteiger partial charge in [0.05, 0.1) is 23.8 Å². The van der Waals surface area contributed by atoms with Crippen molar-refractivity contribution in [2.24, 2.45) is 0 Å². The van der Waals surface area contributed by atoms with Crippen LogP contribution in [-0.2, 0) is 9.59 Å². The maximum Gasteiger partial charge on any atom is 0.323 e. The van der Waals surface area contributed by atoms with Crippen molar-refractivity contribution in [3.8, 4) is 5.75 Å². The van der Waals surface area contributed by atoms with Gasteiger partial charge >= 0.3 is 11.8 Å². The van der Waals surface area contributed by atoms with E-state index in [2.05, 4.69) is 15.6 Å². The fraction of sp³-hybridized carbons (Fsp3) is 0.429. The Balaban J connectivity index is 1.98. The quantitative estimate of drug-likeness (QED) is 0.445. The van der Waals surface area contributed by atoms with Crippen molar-refractivity contribution in [1.82, 2.24) is 15.3 Å². The lowest BCUT2D eigenvalue weighted by Crippen LogP contribution is -2.54. The predicted octanol–water partition coefficient (Wildman–Crippen LogP) is -0.179. The van der Waals surface area contributed by atoms with Crippen molar-refractivity contribution in [2.45, 2.75) is 0 Å². The molecule has 1 aromatic carbocycles. The first-order valence-electron chi connectivity index (χ1n) is 7.28. The third kappa shape index (κ3) is 4.40. The maximum atomic E-state index is 12.0. The molecule has 2 amide bonds. The minimum atomic E-state index is -0.874. The number of non-ortho nitro benzene ring substituents is 1. The van der Waals surface area contributed by atoms with Crippen molar-refractivity contribution >= 4 is 23.2 Å². The number of benzene rings is 1. The molecular formula is C14H19N5O5. The lowest BCUT2D eigenvalue weighted by molar-refractivity contribution is -0.384. The molecule has 0 saturated carbocycles. The number of carbonyl (C=O) groups excluding carboxylic acids is 2. The molecule has 10 heteroatoms. The van der Waals surface area contributed by atoms with Gasteiger partial charge in [0.1, 0.15) is 5.75 Å². The van der Waals surface area contributed by atoms with E-state index in [1.807, 2.05) is 7.05 Å². The molecule has 0 unspecified atom stereocenters. The van der Waals surface area contributed by atoms with Gasteiger partial charge in [-0.2, -0.15) is 0 Å². The summed E-state index contributed by atoms with van der Waals surface area (Å²) in [6, 6.07) is 3.71. The van der Waals surface area contributed by atoms with Crippen molar-refractivity contribution in [3.63, 3.8) is 0 Å². The van der Waals surface area contributed by atoms with Crippen LogP contribution in [0.4, 0.5) is 11.4 Å². The third-order valence-electron chi connectivity index (χ3n) is 3.61. The molecule has 24 heavy (non-hydrogen) atoms. The molecule has 1 fully saturated rings. The SMILES string of the molecule is COc1cc([N+](=O)[O-])ccc1NC(=O)C(=O)NN1CCN(C)CC1. The summed E-state index contributed by atoms with van der Waals surface area (Å²) < 4.78 is 5.01. The minimum absolute atomic E-state index is 0.102. The third-order valence-corrected chi connectivity index (χ3v) is 3.61. The summed E-state index contributed by atoms with van der Waals surface area (Å²) in [6.45, 7) is 2.82. The highest BCUT2D eigenvalue weighted by atomic mass is 16.6. The first-order chi connectivity index (χ1) is 11.4. The molecule has 1 aliphatic rings. The van der Waals surface area contributed by atoms with E-state index in [9.17, 15) is 19.7 Å². The van der Waals surface area contributed by atoms with Crippen LogP contribution in [0.25, 0.3) is 0 Å². The molecule has 1 aliphatic heterocycles. The van der Waals surface area contributed by atoms with E-state index < -0.39 is 16.7 Å². The molecule has 1 heterocycles. The highest BCUT2D eigenvalue weighted by Crippen LogP contribution is 2.28. The van der Waals surface area contributed by atoms with Gasteiger partial charge in [0.15, 0.2) is 0 Å². The Kier molecular flexibility index (Phi) is 5.66. The van der Waals surface area contributed by atoms with E-state index in [1.54, 1.807) is 5.01 Å². The number of ether oxygens (including phenoxy) is 1. The van der Waals surface area contributed by atoms with Crippen molar-refractivity contribution < 1.29 is 19.2 Å². The Bertz CT molecular complexity index is 642. The largest absolute Gasteiger partial charge is 0.494 e. The number of nitro benzene ring substituents is 1. The van der Waals surface area contributed by atoms with Gasteiger partial charge in [0.25, 0.3) is 5.69 Å². The minimum Gasteiger partial charge on any atom is -0.494 e. The number of hydrazine groups is 1. The van der Waals surface area contributed by atoms with E-state index in [-0.39, 0.29) is 17.1 Å². The van der Waals surface area contributed by atoms with Gasteiger partial charge in [-0.25, -0.2) is 5.01 Å². The molecule has 130 valence electrons. The highest BCUT2D eigenvalue weighted by molar-refractivity contribution is 6.39. The number of likely N-dealkylation sites (N-methyl/N-ethyl adjacent to an activating group) is 1. The smallest absolute Gasteiger partial charge is 0.323 e. The van der Waals surface area contributed by atoms with E-state index in [1.165, 1.54) is 25.3 Å². The van der Waals surface area contributed by atoms with Crippen LogP contribution >= 0.6 is 0 Å². The molecule has 0 spiro atoms. The highest BCUT2D eigenvalue weighted by Gasteiger charge is 2.21. The molecule has 2 rings (SSSR count). The summed E-state index contributed by atoms with van der Waals surface area (Å²) in [5.74, 6) is -1.58. The number of nitrogens with one attached hydrogen (secondary N) is 2. The van der Waals surface area contributed by atoms with Crippen LogP contribution in [0.1, 0.15) is 0 Å². The van der Waals surface area contributed by atoms with E-state index >= 15 is 0 Å². The molecule has 10 nitrogen and oxygen atoms in total. The standard InChI is InChI=1S/C14H19N5O5/c1-17-5-7-18(8-6-17)16-14(21)13(20)15-11-4-3-10(19(22)23)9-12(11)24-2/h3-4,9H,5-8H2,1-2H3,(H,15,20)(H,16,21). The number of methoxy groups -OCH3 is 1. The van der Waals surface area contributed by atoms with Gasteiger partial charge < -0.3 is 15.0 Å². The van der Waals surface area contributed by atoms with Crippen molar-refractivity contribution in [1.29, 1.82) is 0 Å². The maximum absolute atomic E-state index is 12.0. The molecule has 0 aliphatic carbocycles. The Morgan fingerprint density at radius 3 is 2.46 bits per heavy atom. The molecule has 2 N–H and O–H groups in total. The zero-order chi connectivity index (χ0) is 17.7. The first-order valence-corrected chi connectivity index (χ1v) is 7.28. The van der Waals surface area contributed by atoms with Gasteiger partial charge in [-0.15, -0.1) is 0 Å². The summed E-state index contributed by atoms with van der Waals surface area (Å²) in [4.78, 5) is 36.2. The van der Waals surface area contributed by atoms with Crippen LogP contribution < -0.4 is 15.5 Å². The second kappa shape index (κ2) is 7.70. The average molecular weight is 337 g/mol. The number of anilines is 1. The Morgan fingerprint density at radius 2 is 1.88 bits per heavy atom.